The second kappa shape index (κ2) is 11.9. The summed E-state index contributed by atoms with van der Waals surface area (Å²) in [5.74, 6) is -0.613. The lowest BCUT2D eigenvalue weighted by atomic mass is 10.2. The number of aryl methyl sites for hydroxylation is 1. The minimum absolute atomic E-state index is 0.0231. The fraction of sp³-hybridized carbons (Fsp3) is 0.375. The van der Waals surface area contributed by atoms with E-state index in [0.717, 1.165) is 5.56 Å². The Bertz CT molecular complexity index is 995. The summed E-state index contributed by atoms with van der Waals surface area (Å²) in [7, 11) is 3.32. The second-order valence-corrected chi connectivity index (χ2v) is 7.88. The maximum Gasteiger partial charge on any atom is 0.323 e. The largest absolute Gasteiger partial charge is 0.494 e. The van der Waals surface area contributed by atoms with E-state index in [2.05, 4.69) is 10.6 Å². The van der Waals surface area contributed by atoms with Crippen LogP contribution in [0.3, 0.4) is 0 Å². The molecular weight excluding hydrogens is 424 g/mol. The van der Waals surface area contributed by atoms with Crippen molar-refractivity contribution >= 4 is 35.0 Å². The van der Waals surface area contributed by atoms with Crippen LogP contribution in [-0.4, -0.2) is 61.2 Å². The van der Waals surface area contributed by atoms with Gasteiger partial charge in [-0.15, -0.1) is 0 Å². The fourth-order valence-electron chi connectivity index (χ4n) is 3.30. The molecule has 9 nitrogen and oxygen atoms in total. The summed E-state index contributed by atoms with van der Waals surface area (Å²) in [6.45, 7) is 6.07. The zero-order valence-electron chi connectivity index (χ0n) is 19.7. The normalized spacial score (nSPS) is 11.6. The molecule has 0 aliphatic rings. The Morgan fingerprint density at radius 3 is 2.33 bits per heavy atom. The minimum atomic E-state index is -0.864. The summed E-state index contributed by atoms with van der Waals surface area (Å²) in [5, 5.41) is 14.6. The molecule has 0 heterocycles. The third-order valence-corrected chi connectivity index (χ3v) is 5.42. The van der Waals surface area contributed by atoms with E-state index in [-0.39, 0.29) is 18.4 Å². The first-order valence-corrected chi connectivity index (χ1v) is 10.6. The molecule has 178 valence electrons. The number of amides is 3. The zero-order valence-corrected chi connectivity index (χ0v) is 19.7. The summed E-state index contributed by atoms with van der Waals surface area (Å²) in [4.78, 5) is 39.2. The van der Waals surface area contributed by atoms with Crippen molar-refractivity contribution in [1.29, 1.82) is 0 Å². The van der Waals surface area contributed by atoms with Crippen molar-refractivity contribution in [1.82, 2.24) is 4.90 Å². The molecule has 2 aromatic carbocycles. The molecule has 0 aliphatic heterocycles. The third kappa shape index (κ3) is 7.50. The van der Waals surface area contributed by atoms with Crippen molar-refractivity contribution in [3.05, 3.63) is 48.0 Å². The highest BCUT2D eigenvalue weighted by Crippen LogP contribution is 2.30. The summed E-state index contributed by atoms with van der Waals surface area (Å²) < 4.78 is 5.44. The second-order valence-electron chi connectivity index (χ2n) is 7.88. The standard InChI is InChI=1S/C24H32N4O5/c1-16-8-6-7-9-20(16)25-24(32)26-21-11-10-19(15-22(21)33-5)28(18(3)29)13-12-27(4)17(2)14-23(30)31/h6-11,15,17H,12-14H2,1-5H3,(H,30,31)(H2,25,26,32). The maximum atomic E-state index is 12.5. The number of carbonyl (C=O) groups is 3. The maximum absolute atomic E-state index is 12.5. The van der Waals surface area contributed by atoms with Crippen molar-refractivity contribution in [2.24, 2.45) is 0 Å². The van der Waals surface area contributed by atoms with Crippen LogP contribution in [0.1, 0.15) is 25.8 Å². The van der Waals surface area contributed by atoms with Gasteiger partial charge < -0.3 is 30.3 Å². The van der Waals surface area contributed by atoms with E-state index in [1.165, 1.54) is 14.0 Å². The number of hydrogen-bond donors (Lipinski definition) is 3. The van der Waals surface area contributed by atoms with Gasteiger partial charge in [-0.3, -0.25) is 9.59 Å². The van der Waals surface area contributed by atoms with Gasteiger partial charge in [0.05, 0.1) is 19.2 Å². The quantitative estimate of drug-likeness (QED) is 0.502. The molecule has 1 atom stereocenters. The Hall–Kier alpha value is -3.59. The number of anilines is 3. The predicted octanol–water partition coefficient (Wildman–Crippen LogP) is 3.80. The molecule has 3 amide bonds. The smallest absolute Gasteiger partial charge is 0.323 e. The molecule has 9 heteroatoms. The summed E-state index contributed by atoms with van der Waals surface area (Å²) >= 11 is 0. The average Bonchev–Trinajstić information content (AvgIpc) is 2.75. The number of urea groups is 1. The van der Waals surface area contributed by atoms with Gasteiger partial charge in [0.1, 0.15) is 5.75 Å². The van der Waals surface area contributed by atoms with Gasteiger partial charge >= 0.3 is 12.0 Å². The van der Waals surface area contributed by atoms with Gasteiger partial charge in [-0.05, 0) is 44.7 Å². The summed E-state index contributed by atoms with van der Waals surface area (Å²) in [5.41, 5.74) is 2.72. The van der Waals surface area contributed by atoms with E-state index in [1.807, 2.05) is 50.1 Å². The topological polar surface area (TPSA) is 111 Å². The first-order valence-electron chi connectivity index (χ1n) is 10.6. The van der Waals surface area contributed by atoms with Gasteiger partial charge in [0, 0.05) is 43.5 Å². The third-order valence-electron chi connectivity index (χ3n) is 5.42. The van der Waals surface area contributed by atoms with E-state index in [0.29, 0.717) is 35.9 Å². The number of para-hydroxylation sites is 1. The van der Waals surface area contributed by atoms with Crippen molar-refractivity contribution in [3.8, 4) is 5.75 Å². The molecule has 0 radical (unpaired) electrons. The number of benzene rings is 2. The van der Waals surface area contributed by atoms with Crippen LogP contribution in [-0.2, 0) is 9.59 Å². The molecule has 0 spiro atoms. The fourth-order valence-corrected chi connectivity index (χ4v) is 3.30. The molecule has 0 saturated heterocycles. The number of carbonyl (C=O) groups excluding carboxylic acids is 2. The van der Waals surface area contributed by atoms with Crippen LogP contribution in [0.2, 0.25) is 0 Å². The van der Waals surface area contributed by atoms with Crippen LogP contribution in [0.25, 0.3) is 0 Å². The summed E-state index contributed by atoms with van der Waals surface area (Å²) in [6.07, 6.45) is 0.0231. The number of nitrogens with zero attached hydrogens (tertiary/aromatic N) is 2. The molecule has 3 N–H and O–H groups in total. The van der Waals surface area contributed by atoms with Crippen LogP contribution >= 0.6 is 0 Å². The number of nitrogens with one attached hydrogen (secondary N) is 2. The van der Waals surface area contributed by atoms with Crippen molar-refractivity contribution < 1.29 is 24.2 Å². The molecule has 1 unspecified atom stereocenters. The van der Waals surface area contributed by atoms with Crippen LogP contribution in [0.15, 0.2) is 42.5 Å². The average molecular weight is 457 g/mol. The van der Waals surface area contributed by atoms with Crippen LogP contribution in [0, 0.1) is 6.92 Å². The number of hydrogen-bond acceptors (Lipinski definition) is 5. The number of methoxy groups -OCH3 is 1. The number of likely N-dealkylation sites (N-methyl/N-ethyl adjacent to an activating group) is 1. The van der Waals surface area contributed by atoms with Gasteiger partial charge in [0.2, 0.25) is 5.91 Å². The first kappa shape index (κ1) is 25.7. The van der Waals surface area contributed by atoms with Crippen LogP contribution in [0.4, 0.5) is 21.9 Å². The number of rotatable bonds is 10. The Morgan fingerprint density at radius 2 is 1.73 bits per heavy atom. The first-order chi connectivity index (χ1) is 15.6. The zero-order chi connectivity index (χ0) is 24.5. The van der Waals surface area contributed by atoms with Crippen molar-refractivity contribution in [3.63, 3.8) is 0 Å². The molecular formula is C24H32N4O5. The lowest BCUT2D eigenvalue weighted by molar-refractivity contribution is -0.138. The van der Waals surface area contributed by atoms with Crippen molar-refractivity contribution in [2.45, 2.75) is 33.2 Å². The van der Waals surface area contributed by atoms with E-state index >= 15 is 0 Å². The van der Waals surface area contributed by atoms with Gasteiger partial charge in [-0.1, -0.05) is 18.2 Å². The SMILES string of the molecule is COc1cc(N(CCN(C)C(C)CC(=O)O)C(C)=O)ccc1NC(=O)Nc1ccccc1C. The monoisotopic (exact) mass is 456 g/mol. The minimum Gasteiger partial charge on any atom is -0.494 e. The Morgan fingerprint density at radius 1 is 1.06 bits per heavy atom. The van der Waals surface area contributed by atoms with E-state index in [9.17, 15) is 14.4 Å². The highest BCUT2D eigenvalue weighted by Gasteiger charge is 2.18. The molecule has 0 aromatic heterocycles. The lowest BCUT2D eigenvalue weighted by Crippen LogP contribution is -2.40. The molecule has 0 fully saturated rings. The number of aliphatic carboxylic acids is 1. The molecule has 2 aromatic rings. The van der Waals surface area contributed by atoms with Gasteiger partial charge in [0.25, 0.3) is 0 Å². The predicted molar refractivity (Wildman–Crippen MR) is 129 cm³/mol. The summed E-state index contributed by atoms with van der Waals surface area (Å²) in [6, 6.07) is 12.0. The number of carboxylic acids is 1. The van der Waals surface area contributed by atoms with Crippen molar-refractivity contribution in [2.75, 3.05) is 42.8 Å². The molecule has 2 rings (SSSR count). The van der Waals surface area contributed by atoms with E-state index in [4.69, 9.17) is 9.84 Å². The van der Waals surface area contributed by atoms with Gasteiger partial charge in [-0.25, -0.2) is 4.79 Å². The van der Waals surface area contributed by atoms with Crippen LogP contribution < -0.4 is 20.3 Å². The highest BCUT2D eigenvalue weighted by molar-refractivity contribution is 6.01. The molecule has 0 bridgehead atoms. The van der Waals surface area contributed by atoms with Crippen LogP contribution in [0.5, 0.6) is 5.75 Å². The molecule has 0 aliphatic carbocycles. The number of ether oxygens (including phenoxy) is 1. The Balaban J connectivity index is 2.11. The lowest BCUT2D eigenvalue weighted by Gasteiger charge is -2.28. The Kier molecular flexibility index (Phi) is 9.23. The Labute approximate surface area is 194 Å². The van der Waals surface area contributed by atoms with E-state index in [1.54, 1.807) is 23.1 Å². The van der Waals surface area contributed by atoms with E-state index < -0.39 is 12.0 Å². The highest BCUT2D eigenvalue weighted by atomic mass is 16.5. The molecule has 0 saturated carbocycles. The van der Waals surface area contributed by atoms with Gasteiger partial charge in [-0.2, -0.15) is 0 Å². The van der Waals surface area contributed by atoms with Gasteiger partial charge in [0.15, 0.2) is 0 Å². The number of carboxylic acid groups (broad SMARTS) is 1. The molecule has 33 heavy (non-hydrogen) atoms.